The zero-order valence-electron chi connectivity index (χ0n) is 14.5. The van der Waals surface area contributed by atoms with Gasteiger partial charge in [0.25, 0.3) is 0 Å². The summed E-state index contributed by atoms with van der Waals surface area (Å²) in [5.41, 5.74) is 2.30. The van der Waals surface area contributed by atoms with Gasteiger partial charge in [-0.15, -0.1) is 5.10 Å². The van der Waals surface area contributed by atoms with Crippen LogP contribution in [0.25, 0.3) is 5.69 Å². The number of amides is 1. The van der Waals surface area contributed by atoms with Crippen molar-refractivity contribution in [2.75, 3.05) is 14.2 Å². The molecule has 1 aromatic carbocycles. The van der Waals surface area contributed by atoms with Crippen molar-refractivity contribution in [2.45, 2.75) is 13.0 Å². The summed E-state index contributed by atoms with van der Waals surface area (Å²) in [5, 5.41) is 10.9. The first kappa shape index (κ1) is 17.4. The molecule has 0 bridgehead atoms. The molecule has 3 aromatic rings. The number of nitrogens with one attached hydrogen (secondary N) is 1. The van der Waals surface area contributed by atoms with Gasteiger partial charge in [-0.25, -0.2) is 4.68 Å². The number of carbonyl (C=O) groups excluding carboxylic acids is 1. The van der Waals surface area contributed by atoms with Crippen LogP contribution in [0.1, 0.15) is 11.3 Å². The van der Waals surface area contributed by atoms with Gasteiger partial charge in [-0.3, -0.25) is 9.78 Å². The molecule has 0 aliphatic carbocycles. The van der Waals surface area contributed by atoms with Crippen LogP contribution < -0.4 is 14.8 Å². The lowest BCUT2D eigenvalue weighted by Crippen LogP contribution is -2.24. The van der Waals surface area contributed by atoms with E-state index in [2.05, 4.69) is 20.6 Å². The maximum absolute atomic E-state index is 12.2. The molecule has 1 amide bonds. The van der Waals surface area contributed by atoms with Crippen LogP contribution in [-0.2, 0) is 17.8 Å². The summed E-state index contributed by atoms with van der Waals surface area (Å²) in [5.74, 6) is 1.11. The number of hydrogen-bond donors (Lipinski definition) is 1. The smallest absolute Gasteiger partial charge is 0.224 e. The second-order valence-electron chi connectivity index (χ2n) is 5.51. The molecule has 0 unspecified atom stereocenters. The first-order valence-electron chi connectivity index (χ1n) is 7.99. The minimum absolute atomic E-state index is 0.117. The van der Waals surface area contributed by atoms with Gasteiger partial charge in [0.15, 0.2) is 11.5 Å². The van der Waals surface area contributed by atoms with Crippen LogP contribution >= 0.6 is 0 Å². The van der Waals surface area contributed by atoms with Gasteiger partial charge in [0.05, 0.1) is 45.3 Å². The molecular formula is C18H19N5O3. The molecule has 2 heterocycles. The minimum atomic E-state index is -0.117. The number of hydrogen-bond acceptors (Lipinski definition) is 6. The van der Waals surface area contributed by atoms with E-state index in [9.17, 15) is 4.79 Å². The second-order valence-corrected chi connectivity index (χ2v) is 5.51. The van der Waals surface area contributed by atoms with Crippen LogP contribution in [0.4, 0.5) is 0 Å². The zero-order valence-corrected chi connectivity index (χ0v) is 14.5. The Kier molecular flexibility index (Phi) is 5.43. The molecule has 2 aromatic heterocycles. The number of nitrogens with zero attached hydrogens (tertiary/aromatic N) is 4. The lowest BCUT2D eigenvalue weighted by Gasteiger charge is -2.09. The Morgan fingerprint density at radius 2 is 2.04 bits per heavy atom. The van der Waals surface area contributed by atoms with Crippen molar-refractivity contribution in [1.82, 2.24) is 25.3 Å². The van der Waals surface area contributed by atoms with Gasteiger partial charge in [-0.2, -0.15) is 0 Å². The molecule has 1 N–H and O–H groups in total. The maximum Gasteiger partial charge on any atom is 0.224 e. The van der Waals surface area contributed by atoms with Crippen molar-refractivity contribution < 1.29 is 14.3 Å². The third-order valence-electron chi connectivity index (χ3n) is 3.73. The molecule has 8 heteroatoms. The van der Waals surface area contributed by atoms with Gasteiger partial charge in [0.2, 0.25) is 5.91 Å². The van der Waals surface area contributed by atoms with Gasteiger partial charge < -0.3 is 14.8 Å². The molecule has 3 rings (SSSR count). The van der Waals surface area contributed by atoms with Gasteiger partial charge in [-0.1, -0.05) is 11.3 Å². The van der Waals surface area contributed by atoms with E-state index in [0.29, 0.717) is 23.7 Å². The highest BCUT2D eigenvalue weighted by Crippen LogP contribution is 2.27. The molecule has 0 saturated heterocycles. The molecule has 0 atom stereocenters. The van der Waals surface area contributed by atoms with Crippen molar-refractivity contribution in [3.05, 3.63) is 60.2 Å². The van der Waals surface area contributed by atoms with Gasteiger partial charge in [0, 0.05) is 6.20 Å². The fourth-order valence-electron chi connectivity index (χ4n) is 2.42. The van der Waals surface area contributed by atoms with Crippen LogP contribution in [0.15, 0.2) is 48.9 Å². The Labute approximate surface area is 150 Å². The number of methoxy groups -OCH3 is 2. The third-order valence-corrected chi connectivity index (χ3v) is 3.73. The number of pyridine rings is 1. The van der Waals surface area contributed by atoms with Crippen LogP contribution in [-0.4, -0.2) is 40.1 Å². The Bertz CT molecular complexity index is 880. The SMILES string of the molecule is COc1ccc(CC(=O)NCc2cn(-c3cccnc3)nn2)cc1OC. The average molecular weight is 353 g/mol. The number of rotatable bonds is 7. The summed E-state index contributed by atoms with van der Waals surface area (Å²) in [6.45, 7) is 0.298. The third kappa shape index (κ3) is 4.15. The highest BCUT2D eigenvalue weighted by Gasteiger charge is 2.09. The van der Waals surface area contributed by atoms with E-state index in [1.807, 2.05) is 18.2 Å². The molecule has 8 nitrogen and oxygen atoms in total. The van der Waals surface area contributed by atoms with Gasteiger partial charge >= 0.3 is 0 Å². The fourth-order valence-corrected chi connectivity index (χ4v) is 2.42. The minimum Gasteiger partial charge on any atom is -0.493 e. The topological polar surface area (TPSA) is 91.2 Å². The largest absolute Gasteiger partial charge is 0.493 e. The van der Waals surface area contributed by atoms with Crippen molar-refractivity contribution in [3.63, 3.8) is 0 Å². The Morgan fingerprint density at radius 1 is 1.19 bits per heavy atom. The molecule has 0 spiro atoms. The number of ether oxygens (including phenoxy) is 2. The summed E-state index contributed by atoms with van der Waals surface area (Å²) < 4.78 is 12.1. The lowest BCUT2D eigenvalue weighted by atomic mass is 10.1. The zero-order chi connectivity index (χ0) is 18.4. The molecule has 0 fully saturated rings. The summed E-state index contributed by atoms with van der Waals surface area (Å²) >= 11 is 0. The van der Waals surface area contributed by atoms with Crippen molar-refractivity contribution in [2.24, 2.45) is 0 Å². The summed E-state index contributed by atoms with van der Waals surface area (Å²) in [4.78, 5) is 16.2. The second kappa shape index (κ2) is 8.11. The molecular weight excluding hydrogens is 334 g/mol. The van der Waals surface area contributed by atoms with Crippen LogP contribution in [0.3, 0.4) is 0 Å². The van der Waals surface area contributed by atoms with E-state index in [-0.39, 0.29) is 12.3 Å². The summed E-state index contributed by atoms with van der Waals surface area (Å²) in [7, 11) is 3.14. The van der Waals surface area contributed by atoms with Crippen LogP contribution in [0.2, 0.25) is 0 Å². The average Bonchev–Trinajstić information content (AvgIpc) is 3.16. The molecule has 0 aliphatic rings. The van der Waals surface area contributed by atoms with E-state index in [1.165, 1.54) is 0 Å². The molecule has 134 valence electrons. The predicted octanol–water partition coefficient (Wildman–Crippen LogP) is 1.54. The van der Waals surface area contributed by atoms with Crippen molar-refractivity contribution in [1.29, 1.82) is 0 Å². The van der Waals surface area contributed by atoms with E-state index in [4.69, 9.17) is 9.47 Å². The van der Waals surface area contributed by atoms with E-state index in [1.54, 1.807) is 49.6 Å². The summed E-state index contributed by atoms with van der Waals surface area (Å²) in [6, 6.07) is 9.10. The first-order valence-corrected chi connectivity index (χ1v) is 7.99. The van der Waals surface area contributed by atoms with Crippen LogP contribution in [0.5, 0.6) is 11.5 Å². The lowest BCUT2D eigenvalue weighted by molar-refractivity contribution is -0.120. The summed E-state index contributed by atoms with van der Waals surface area (Å²) in [6.07, 6.45) is 5.37. The number of carbonyl (C=O) groups is 1. The molecule has 0 aliphatic heterocycles. The standard InChI is InChI=1S/C18H19N5O3/c1-25-16-6-5-13(8-17(16)26-2)9-18(24)20-10-14-12-23(22-21-14)15-4-3-7-19-11-15/h3-8,11-12H,9-10H2,1-2H3,(H,20,24). The van der Waals surface area contributed by atoms with E-state index < -0.39 is 0 Å². The van der Waals surface area contributed by atoms with Crippen LogP contribution in [0, 0.1) is 0 Å². The van der Waals surface area contributed by atoms with Crippen molar-refractivity contribution >= 4 is 5.91 Å². The molecule has 26 heavy (non-hydrogen) atoms. The van der Waals surface area contributed by atoms with E-state index in [0.717, 1.165) is 11.3 Å². The maximum atomic E-state index is 12.2. The predicted molar refractivity (Wildman–Crippen MR) is 94.3 cm³/mol. The quantitative estimate of drug-likeness (QED) is 0.693. The molecule has 0 radical (unpaired) electrons. The number of aromatic nitrogens is 4. The first-order chi connectivity index (χ1) is 12.7. The Balaban J connectivity index is 1.57. The number of benzene rings is 1. The van der Waals surface area contributed by atoms with E-state index >= 15 is 0 Å². The highest BCUT2D eigenvalue weighted by atomic mass is 16.5. The van der Waals surface area contributed by atoms with Crippen molar-refractivity contribution in [3.8, 4) is 17.2 Å². The Hall–Kier alpha value is -3.42. The Morgan fingerprint density at radius 3 is 2.77 bits per heavy atom. The normalized spacial score (nSPS) is 10.4. The van der Waals surface area contributed by atoms with Gasteiger partial charge in [0.1, 0.15) is 5.69 Å². The molecule has 0 saturated carbocycles. The fraction of sp³-hybridized carbons (Fsp3) is 0.222. The van der Waals surface area contributed by atoms with Gasteiger partial charge in [-0.05, 0) is 29.8 Å². The monoisotopic (exact) mass is 353 g/mol. The highest BCUT2D eigenvalue weighted by molar-refractivity contribution is 5.78.